The number of carbonyl (C=O) groups is 1. The van der Waals surface area contributed by atoms with E-state index in [0.29, 0.717) is 19.4 Å². The van der Waals surface area contributed by atoms with Gasteiger partial charge in [0.2, 0.25) is 0 Å². The van der Waals surface area contributed by atoms with Gasteiger partial charge in [-0.1, -0.05) is 30.3 Å². The molecule has 3 rings (SSSR count). The van der Waals surface area contributed by atoms with E-state index in [9.17, 15) is 18.7 Å². The van der Waals surface area contributed by atoms with Gasteiger partial charge in [-0.2, -0.15) is 8.78 Å². The second-order valence-corrected chi connectivity index (χ2v) is 6.42. The van der Waals surface area contributed by atoms with Crippen LogP contribution in [-0.4, -0.2) is 35.7 Å². The van der Waals surface area contributed by atoms with Crippen LogP contribution in [0.25, 0.3) is 0 Å². The lowest BCUT2D eigenvalue weighted by atomic mass is 9.75. The Bertz CT molecular complexity index is 560. The van der Waals surface area contributed by atoms with E-state index in [2.05, 4.69) is 5.32 Å². The number of aliphatic hydroxyl groups is 1. The quantitative estimate of drug-likeness (QED) is 0.874. The summed E-state index contributed by atoms with van der Waals surface area (Å²) in [7, 11) is 0. The van der Waals surface area contributed by atoms with Crippen molar-refractivity contribution in [3.63, 3.8) is 0 Å². The molecule has 1 aromatic carbocycles. The summed E-state index contributed by atoms with van der Waals surface area (Å²) >= 11 is 0. The molecule has 2 aliphatic rings. The van der Waals surface area contributed by atoms with Crippen molar-refractivity contribution in [1.82, 2.24) is 5.32 Å². The lowest BCUT2D eigenvalue weighted by Gasteiger charge is -2.41. The number of ether oxygens (including phenoxy) is 1. The van der Waals surface area contributed by atoms with Crippen molar-refractivity contribution in [1.29, 1.82) is 0 Å². The second kappa shape index (κ2) is 6.17. The van der Waals surface area contributed by atoms with Gasteiger partial charge in [-0.25, -0.2) is 0 Å². The standard InChI is InChI=1S/C17H21F2NO3/c18-17(19,16(22)8-4-9-16)15(21)20-11-13-7-10-23-14(13)12-5-2-1-3-6-12/h1-3,5-6,13-14,22H,4,7-11H2,(H,20,21)/t13-,14+/m0/s1. The number of carbonyl (C=O) groups excluding carboxylic acids is 1. The zero-order chi connectivity index (χ0) is 16.5. The molecule has 1 saturated heterocycles. The lowest BCUT2D eigenvalue weighted by molar-refractivity contribution is -0.216. The third-order valence-corrected chi connectivity index (χ3v) is 4.92. The van der Waals surface area contributed by atoms with Crippen LogP contribution in [0, 0.1) is 5.92 Å². The Labute approximate surface area is 133 Å². The van der Waals surface area contributed by atoms with E-state index in [1.54, 1.807) is 0 Å². The summed E-state index contributed by atoms with van der Waals surface area (Å²) in [5.41, 5.74) is -1.20. The molecule has 1 heterocycles. The molecule has 6 heteroatoms. The fourth-order valence-corrected chi connectivity index (χ4v) is 3.23. The molecule has 2 atom stereocenters. The van der Waals surface area contributed by atoms with Gasteiger partial charge < -0.3 is 15.2 Å². The largest absolute Gasteiger partial charge is 0.383 e. The average Bonchev–Trinajstić information content (AvgIpc) is 2.99. The predicted octanol–water partition coefficient (Wildman–Crippen LogP) is 2.43. The molecule has 1 aromatic rings. The van der Waals surface area contributed by atoms with Crippen LogP contribution in [0.4, 0.5) is 8.78 Å². The van der Waals surface area contributed by atoms with Gasteiger partial charge in [0.1, 0.15) is 5.60 Å². The summed E-state index contributed by atoms with van der Waals surface area (Å²) in [5, 5.41) is 12.1. The van der Waals surface area contributed by atoms with E-state index in [1.807, 2.05) is 30.3 Å². The van der Waals surface area contributed by atoms with E-state index >= 15 is 0 Å². The summed E-state index contributed by atoms with van der Waals surface area (Å²) in [6, 6.07) is 9.54. The molecule has 0 bridgehead atoms. The van der Waals surface area contributed by atoms with Crippen molar-refractivity contribution < 1.29 is 23.4 Å². The molecule has 0 unspecified atom stereocenters. The highest BCUT2D eigenvalue weighted by atomic mass is 19.3. The first-order valence-corrected chi connectivity index (χ1v) is 7.99. The Morgan fingerprint density at radius 2 is 2.04 bits per heavy atom. The molecule has 1 amide bonds. The number of amides is 1. The molecule has 2 fully saturated rings. The molecule has 0 spiro atoms. The molecule has 2 N–H and O–H groups in total. The van der Waals surface area contributed by atoms with Gasteiger partial charge in [0.05, 0.1) is 6.10 Å². The zero-order valence-electron chi connectivity index (χ0n) is 12.8. The van der Waals surface area contributed by atoms with Crippen LogP contribution in [0.1, 0.15) is 37.4 Å². The van der Waals surface area contributed by atoms with Gasteiger partial charge >= 0.3 is 5.92 Å². The maximum Gasteiger partial charge on any atom is 0.352 e. The third kappa shape index (κ3) is 2.97. The molecular formula is C17H21F2NO3. The van der Waals surface area contributed by atoms with Crippen molar-refractivity contribution in [2.24, 2.45) is 5.92 Å². The monoisotopic (exact) mass is 325 g/mol. The molecule has 126 valence electrons. The fraction of sp³-hybridized carbons (Fsp3) is 0.588. The highest BCUT2D eigenvalue weighted by molar-refractivity contribution is 5.85. The predicted molar refractivity (Wildman–Crippen MR) is 80.0 cm³/mol. The summed E-state index contributed by atoms with van der Waals surface area (Å²) in [5.74, 6) is -5.18. The molecule has 4 nitrogen and oxygen atoms in total. The van der Waals surface area contributed by atoms with Gasteiger partial charge in [-0.3, -0.25) is 4.79 Å². The number of benzene rings is 1. The van der Waals surface area contributed by atoms with E-state index in [4.69, 9.17) is 4.74 Å². The van der Waals surface area contributed by atoms with Crippen molar-refractivity contribution in [3.8, 4) is 0 Å². The average molecular weight is 325 g/mol. The SMILES string of the molecule is O=C(NC[C@@H]1CCO[C@@H]1c1ccccc1)C(F)(F)C1(O)CCC1. The molecule has 23 heavy (non-hydrogen) atoms. The topological polar surface area (TPSA) is 58.6 Å². The van der Waals surface area contributed by atoms with E-state index in [0.717, 1.165) is 5.56 Å². The summed E-state index contributed by atoms with van der Waals surface area (Å²) in [4.78, 5) is 11.8. The molecule has 1 aliphatic heterocycles. The van der Waals surface area contributed by atoms with Gasteiger partial charge in [0, 0.05) is 19.1 Å². The number of hydrogen-bond acceptors (Lipinski definition) is 3. The highest BCUT2D eigenvalue weighted by Crippen LogP contribution is 2.44. The Hall–Kier alpha value is -1.53. The van der Waals surface area contributed by atoms with Gasteiger partial charge in [0.25, 0.3) is 5.91 Å². The zero-order valence-corrected chi connectivity index (χ0v) is 12.8. The summed E-state index contributed by atoms with van der Waals surface area (Å²) in [6.45, 7) is 0.657. The normalized spacial score (nSPS) is 26.6. The number of halogens is 2. The maximum atomic E-state index is 14.0. The summed E-state index contributed by atoms with van der Waals surface area (Å²) < 4.78 is 33.8. The van der Waals surface area contributed by atoms with Crippen molar-refractivity contribution in [2.75, 3.05) is 13.2 Å². The first kappa shape index (κ1) is 16.3. The molecule has 0 aromatic heterocycles. The number of hydrogen-bond donors (Lipinski definition) is 2. The van der Waals surface area contributed by atoms with Crippen LogP contribution < -0.4 is 5.32 Å². The van der Waals surface area contributed by atoms with E-state index in [-0.39, 0.29) is 31.4 Å². The minimum Gasteiger partial charge on any atom is -0.383 e. The van der Waals surface area contributed by atoms with Crippen molar-refractivity contribution >= 4 is 5.91 Å². The van der Waals surface area contributed by atoms with Crippen molar-refractivity contribution in [3.05, 3.63) is 35.9 Å². The van der Waals surface area contributed by atoms with Gasteiger partial charge in [0.15, 0.2) is 0 Å². The minimum atomic E-state index is -3.74. The molecule has 1 saturated carbocycles. The van der Waals surface area contributed by atoms with Crippen LogP contribution in [0.15, 0.2) is 30.3 Å². The third-order valence-electron chi connectivity index (χ3n) is 4.92. The fourth-order valence-electron chi connectivity index (χ4n) is 3.23. The summed E-state index contributed by atoms with van der Waals surface area (Å²) in [6.07, 6.45) is 0.956. The Kier molecular flexibility index (Phi) is 4.38. The Morgan fingerprint density at radius 3 is 2.65 bits per heavy atom. The van der Waals surface area contributed by atoms with Gasteiger partial charge in [-0.15, -0.1) is 0 Å². The molecule has 1 aliphatic carbocycles. The van der Waals surface area contributed by atoms with Crippen LogP contribution in [0.3, 0.4) is 0 Å². The second-order valence-electron chi connectivity index (χ2n) is 6.42. The minimum absolute atomic E-state index is 0.0351. The number of rotatable bonds is 5. The number of nitrogens with one attached hydrogen (secondary N) is 1. The van der Waals surface area contributed by atoms with Crippen LogP contribution in [0.2, 0.25) is 0 Å². The van der Waals surface area contributed by atoms with Crippen molar-refractivity contribution in [2.45, 2.75) is 43.3 Å². The Morgan fingerprint density at radius 1 is 1.35 bits per heavy atom. The maximum absolute atomic E-state index is 14.0. The van der Waals surface area contributed by atoms with E-state index < -0.39 is 17.4 Å². The van der Waals surface area contributed by atoms with Crippen LogP contribution >= 0.6 is 0 Å². The van der Waals surface area contributed by atoms with Crippen LogP contribution in [0.5, 0.6) is 0 Å². The first-order chi connectivity index (χ1) is 10.9. The first-order valence-electron chi connectivity index (χ1n) is 7.99. The molecule has 0 radical (unpaired) electrons. The van der Waals surface area contributed by atoms with E-state index in [1.165, 1.54) is 0 Å². The smallest absolute Gasteiger partial charge is 0.352 e. The lowest BCUT2D eigenvalue weighted by Crippen LogP contribution is -2.61. The van der Waals surface area contributed by atoms with Gasteiger partial charge in [-0.05, 0) is 31.2 Å². The Balaban J connectivity index is 1.60. The number of alkyl halides is 2. The van der Waals surface area contributed by atoms with Crippen LogP contribution in [-0.2, 0) is 9.53 Å². The molecular weight excluding hydrogens is 304 g/mol. The highest BCUT2D eigenvalue weighted by Gasteiger charge is 2.61.